The van der Waals surface area contributed by atoms with Crippen molar-refractivity contribution in [1.82, 2.24) is 0 Å². The van der Waals surface area contributed by atoms with E-state index in [1.54, 1.807) is 6.92 Å². The second kappa shape index (κ2) is 3.78. The van der Waals surface area contributed by atoms with Crippen LogP contribution < -0.4 is 5.63 Å². The van der Waals surface area contributed by atoms with Crippen molar-refractivity contribution in [2.24, 2.45) is 0 Å². The summed E-state index contributed by atoms with van der Waals surface area (Å²) in [5, 5.41) is 8.99. The Hall–Kier alpha value is -2.43. The lowest BCUT2D eigenvalue weighted by molar-refractivity contribution is 0.467. The molecule has 1 N–H and O–H groups in total. The van der Waals surface area contributed by atoms with Crippen molar-refractivity contribution in [2.45, 2.75) is 6.92 Å². The lowest BCUT2D eigenvalue weighted by atomic mass is 10.0. The van der Waals surface area contributed by atoms with E-state index in [2.05, 4.69) is 0 Å². The zero-order valence-electron chi connectivity index (χ0n) is 9.83. The maximum absolute atomic E-state index is 14.0. The molecule has 5 heteroatoms. The first-order valence-corrected chi connectivity index (χ1v) is 5.52. The van der Waals surface area contributed by atoms with Crippen LogP contribution in [-0.2, 0) is 0 Å². The van der Waals surface area contributed by atoms with Crippen molar-refractivity contribution < 1.29 is 18.3 Å². The van der Waals surface area contributed by atoms with E-state index in [0.717, 1.165) is 12.1 Å². The average Bonchev–Trinajstić information content (AvgIpc) is 2.29. The molecule has 0 spiro atoms. The molecule has 0 saturated heterocycles. The van der Waals surface area contributed by atoms with Crippen LogP contribution in [0.3, 0.4) is 0 Å². The van der Waals surface area contributed by atoms with Crippen LogP contribution in [0.25, 0.3) is 21.7 Å². The lowest BCUT2D eigenvalue weighted by Crippen LogP contribution is -2.02. The molecule has 3 nitrogen and oxygen atoms in total. The summed E-state index contributed by atoms with van der Waals surface area (Å²) in [5.74, 6) is -1.93. The zero-order chi connectivity index (χ0) is 13.7. The maximum Gasteiger partial charge on any atom is 0.344 e. The number of fused-ring (bicyclic) bond motifs is 3. The zero-order valence-corrected chi connectivity index (χ0v) is 9.83. The summed E-state index contributed by atoms with van der Waals surface area (Å²) in [7, 11) is 0. The van der Waals surface area contributed by atoms with Crippen LogP contribution in [0.4, 0.5) is 8.78 Å². The van der Waals surface area contributed by atoms with Crippen molar-refractivity contribution in [3.8, 4) is 5.75 Å². The molecular formula is C14H8F2O3. The van der Waals surface area contributed by atoms with Crippen molar-refractivity contribution in [3.63, 3.8) is 0 Å². The number of phenols is 1. The van der Waals surface area contributed by atoms with Gasteiger partial charge in [0.25, 0.3) is 0 Å². The quantitative estimate of drug-likeness (QED) is 0.500. The fraction of sp³-hybridized carbons (Fsp3) is 0.0714. The van der Waals surface area contributed by atoms with Gasteiger partial charge >= 0.3 is 5.63 Å². The number of aromatic hydroxyl groups is 1. The molecule has 0 saturated carbocycles. The molecule has 1 heterocycles. The molecule has 3 aromatic rings. The van der Waals surface area contributed by atoms with Crippen LogP contribution in [0.2, 0.25) is 0 Å². The molecule has 0 atom stereocenters. The van der Waals surface area contributed by atoms with E-state index in [9.17, 15) is 18.7 Å². The molecule has 0 radical (unpaired) electrons. The van der Waals surface area contributed by atoms with E-state index < -0.39 is 17.3 Å². The van der Waals surface area contributed by atoms with E-state index in [1.807, 2.05) is 0 Å². The topological polar surface area (TPSA) is 50.4 Å². The molecule has 0 bridgehead atoms. The first-order valence-electron chi connectivity index (χ1n) is 5.52. The van der Waals surface area contributed by atoms with Crippen LogP contribution in [-0.4, -0.2) is 5.11 Å². The highest BCUT2D eigenvalue weighted by Crippen LogP contribution is 2.30. The Bertz CT molecular complexity index is 881. The Morgan fingerprint density at radius 3 is 2.47 bits per heavy atom. The highest BCUT2D eigenvalue weighted by molar-refractivity contribution is 6.05. The van der Waals surface area contributed by atoms with Crippen molar-refractivity contribution in [1.29, 1.82) is 0 Å². The van der Waals surface area contributed by atoms with Gasteiger partial charge in [0.05, 0.1) is 10.8 Å². The van der Waals surface area contributed by atoms with Crippen molar-refractivity contribution in [3.05, 3.63) is 51.9 Å². The molecule has 0 amide bonds. The maximum atomic E-state index is 14.0. The third kappa shape index (κ3) is 1.66. The largest absolute Gasteiger partial charge is 0.508 e. The number of phenolic OH excluding ortho intramolecular Hbond substituents is 1. The molecule has 3 rings (SSSR count). The standard InChI is InChI=1S/C14H8F2O3/c1-6-2-8-12(9(15)3-6)13-10(16)4-7(17)5-11(13)19-14(8)18/h2-5,17H,1H3. The summed E-state index contributed by atoms with van der Waals surface area (Å²) in [4.78, 5) is 11.8. The van der Waals surface area contributed by atoms with Gasteiger partial charge in [-0.1, -0.05) is 0 Å². The number of halogens is 2. The summed E-state index contributed by atoms with van der Waals surface area (Å²) < 4.78 is 32.9. The second-order valence-corrected chi connectivity index (χ2v) is 4.36. The van der Waals surface area contributed by atoms with Crippen LogP contribution >= 0.6 is 0 Å². The molecule has 0 unspecified atom stereocenters. The number of benzene rings is 2. The van der Waals surface area contributed by atoms with E-state index in [0.29, 0.717) is 5.56 Å². The first-order chi connectivity index (χ1) is 8.97. The molecule has 19 heavy (non-hydrogen) atoms. The van der Waals surface area contributed by atoms with E-state index in [-0.39, 0.29) is 27.5 Å². The number of hydrogen-bond donors (Lipinski definition) is 1. The van der Waals surface area contributed by atoms with E-state index in [4.69, 9.17) is 4.42 Å². The van der Waals surface area contributed by atoms with Gasteiger partial charge in [0, 0.05) is 17.5 Å². The number of hydrogen-bond acceptors (Lipinski definition) is 3. The molecule has 0 aliphatic heterocycles. The minimum Gasteiger partial charge on any atom is -0.508 e. The Kier molecular flexibility index (Phi) is 2.32. The van der Waals surface area contributed by atoms with Crippen LogP contribution in [0.5, 0.6) is 5.75 Å². The SMILES string of the molecule is Cc1cc(F)c2c(c1)c(=O)oc1cc(O)cc(F)c12. The Morgan fingerprint density at radius 2 is 1.74 bits per heavy atom. The van der Waals surface area contributed by atoms with Gasteiger partial charge in [-0.15, -0.1) is 0 Å². The summed E-state index contributed by atoms with van der Waals surface area (Å²) in [6, 6.07) is 4.59. The highest BCUT2D eigenvalue weighted by Gasteiger charge is 2.16. The molecular weight excluding hydrogens is 254 g/mol. The van der Waals surface area contributed by atoms with E-state index >= 15 is 0 Å². The third-order valence-corrected chi connectivity index (χ3v) is 2.95. The number of aryl methyl sites for hydroxylation is 1. The van der Waals surface area contributed by atoms with Crippen LogP contribution in [0.1, 0.15) is 5.56 Å². The number of rotatable bonds is 0. The van der Waals surface area contributed by atoms with Gasteiger partial charge in [-0.3, -0.25) is 0 Å². The molecule has 0 fully saturated rings. The Morgan fingerprint density at radius 1 is 1.05 bits per heavy atom. The smallest absolute Gasteiger partial charge is 0.344 e. The fourth-order valence-corrected chi connectivity index (χ4v) is 2.20. The third-order valence-electron chi connectivity index (χ3n) is 2.95. The van der Waals surface area contributed by atoms with E-state index in [1.165, 1.54) is 12.1 Å². The van der Waals surface area contributed by atoms with Crippen LogP contribution in [0, 0.1) is 18.6 Å². The lowest BCUT2D eigenvalue weighted by Gasteiger charge is -2.06. The molecule has 0 aliphatic carbocycles. The molecule has 96 valence electrons. The first kappa shape index (κ1) is 11.6. The summed E-state index contributed by atoms with van der Waals surface area (Å²) in [6.45, 7) is 1.62. The van der Waals surface area contributed by atoms with Gasteiger partial charge in [0.2, 0.25) is 0 Å². The van der Waals surface area contributed by atoms with Crippen molar-refractivity contribution >= 4 is 21.7 Å². The molecule has 0 aliphatic rings. The van der Waals surface area contributed by atoms with Gasteiger partial charge in [0.15, 0.2) is 0 Å². The van der Waals surface area contributed by atoms with Gasteiger partial charge in [-0.05, 0) is 24.6 Å². The predicted octanol–water partition coefficient (Wildman–Crippen LogP) is 3.24. The molecule has 2 aromatic carbocycles. The van der Waals surface area contributed by atoms with Gasteiger partial charge in [-0.2, -0.15) is 0 Å². The molecule has 1 aromatic heterocycles. The summed E-state index contributed by atoms with van der Waals surface area (Å²) in [5.41, 5.74) is -0.413. The second-order valence-electron chi connectivity index (χ2n) is 4.36. The minimum atomic E-state index is -0.841. The predicted molar refractivity (Wildman–Crippen MR) is 66.3 cm³/mol. The fourth-order valence-electron chi connectivity index (χ4n) is 2.20. The monoisotopic (exact) mass is 262 g/mol. The minimum absolute atomic E-state index is 0.0189. The normalized spacial score (nSPS) is 11.3. The van der Waals surface area contributed by atoms with Gasteiger partial charge in [0.1, 0.15) is 23.0 Å². The highest BCUT2D eigenvalue weighted by atomic mass is 19.1. The summed E-state index contributed by atoms with van der Waals surface area (Å²) >= 11 is 0. The van der Waals surface area contributed by atoms with Crippen molar-refractivity contribution in [2.75, 3.05) is 0 Å². The van der Waals surface area contributed by atoms with Gasteiger partial charge in [-0.25, -0.2) is 13.6 Å². The Balaban J connectivity index is 2.70. The average molecular weight is 262 g/mol. The van der Waals surface area contributed by atoms with Gasteiger partial charge < -0.3 is 9.52 Å². The van der Waals surface area contributed by atoms with Crippen LogP contribution in [0.15, 0.2) is 33.5 Å². The summed E-state index contributed by atoms with van der Waals surface area (Å²) in [6.07, 6.45) is 0. The Labute approximate surface area is 105 Å².